The van der Waals surface area contributed by atoms with Crippen molar-refractivity contribution in [2.45, 2.75) is 78.7 Å². The molecule has 0 saturated heterocycles. The summed E-state index contributed by atoms with van der Waals surface area (Å²) < 4.78 is 2.26. The third-order valence-electron chi connectivity index (χ3n) is 4.49. The molecule has 2 heteroatoms. The van der Waals surface area contributed by atoms with Gasteiger partial charge < -0.3 is 9.67 Å². The minimum Gasteiger partial charge on any atom is -0.507 e. The molecule has 24 heavy (non-hydrogen) atoms. The minimum absolute atomic E-state index is 0.0752. The number of aromatic nitrogens is 1. The van der Waals surface area contributed by atoms with E-state index in [0.29, 0.717) is 5.75 Å². The molecular weight excluding hydrogens is 294 g/mol. The minimum atomic E-state index is -0.0752. The maximum Gasteiger partial charge on any atom is 0.123 e. The number of nitrogens with zero attached hydrogens (tertiary/aromatic N) is 1. The number of aromatic hydroxyl groups is 1. The quantitative estimate of drug-likeness (QED) is 0.755. The second kappa shape index (κ2) is 6.66. The Morgan fingerprint density at radius 1 is 0.917 bits per heavy atom. The van der Waals surface area contributed by atoms with Crippen molar-refractivity contribution in [3.63, 3.8) is 0 Å². The van der Waals surface area contributed by atoms with Crippen LogP contribution in [0.2, 0.25) is 0 Å². The number of benzene rings is 1. The highest BCUT2D eigenvalue weighted by atomic mass is 16.3. The first kappa shape index (κ1) is 18.6. The third kappa shape index (κ3) is 4.23. The molecule has 2 aromatic rings. The fourth-order valence-electron chi connectivity index (χ4n) is 3.17. The number of aryl methyl sites for hydroxylation is 1. The second-order valence-electron chi connectivity index (χ2n) is 8.97. The van der Waals surface area contributed by atoms with Gasteiger partial charge in [-0.15, -0.1) is 0 Å². The Kier molecular flexibility index (Phi) is 5.17. The molecular formula is C22H33NO. The van der Waals surface area contributed by atoms with Crippen LogP contribution in [0.3, 0.4) is 0 Å². The van der Waals surface area contributed by atoms with Crippen molar-refractivity contribution in [2.75, 3.05) is 0 Å². The normalized spacial score (nSPS) is 12.6. The van der Waals surface area contributed by atoms with E-state index in [1.165, 1.54) is 11.1 Å². The Morgan fingerprint density at radius 3 is 1.92 bits per heavy atom. The van der Waals surface area contributed by atoms with Gasteiger partial charge in [0, 0.05) is 18.9 Å². The van der Waals surface area contributed by atoms with E-state index in [1.807, 2.05) is 0 Å². The van der Waals surface area contributed by atoms with Gasteiger partial charge in [0.25, 0.3) is 0 Å². The van der Waals surface area contributed by atoms with E-state index in [9.17, 15) is 5.11 Å². The van der Waals surface area contributed by atoms with Crippen LogP contribution >= 0.6 is 0 Å². The number of hydrogen-bond acceptors (Lipinski definition) is 1. The fraction of sp³-hybridized carbons (Fsp3) is 0.545. The predicted octanol–water partition coefficient (Wildman–Crippen LogP) is 5.79. The average molecular weight is 328 g/mol. The zero-order chi connectivity index (χ0) is 18.1. The molecule has 0 amide bonds. The standard InChI is InChI=1S/C22H33NO/c1-8-10-23-11-9-16(15-23)12-17-13-18(21(2,3)4)20(24)19(14-17)22(5,6)7/h9,11,13-15,24H,8,10,12H2,1-7H3. The second-order valence-corrected chi connectivity index (χ2v) is 8.97. The Hall–Kier alpha value is -1.70. The van der Waals surface area contributed by atoms with Gasteiger partial charge in [-0.05, 0) is 52.0 Å². The van der Waals surface area contributed by atoms with Crippen LogP contribution in [-0.4, -0.2) is 9.67 Å². The summed E-state index contributed by atoms with van der Waals surface area (Å²) in [6.45, 7) is 16.2. The predicted molar refractivity (Wildman–Crippen MR) is 103 cm³/mol. The number of phenolic OH excluding ortho intramolecular Hbond substituents is 1. The topological polar surface area (TPSA) is 25.2 Å². The Morgan fingerprint density at radius 2 is 1.46 bits per heavy atom. The van der Waals surface area contributed by atoms with Crippen LogP contribution in [0, 0.1) is 0 Å². The smallest absolute Gasteiger partial charge is 0.123 e. The molecule has 0 fully saturated rings. The van der Waals surface area contributed by atoms with Gasteiger partial charge in [0.1, 0.15) is 5.75 Å². The molecule has 1 heterocycles. The van der Waals surface area contributed by atoms with Crippen LogP contribution < -0.4 is 0 Å². The molecule has 0 unspecified atom stereocenters. The lowest BCUT2D eigenvalue weighted by molar-refractivity contribution is 0.423. The van der Waals surface area contributed by atoms with Crippen LogP contribution in [-0.2, 0) is 23.8 Å². The van der Waals surface area contributed by atoms with Crippen molar-refractivity contribution in [3.8, 4) is 5.75 Å². The van der Waals surface area contributed by atoms with E-state index in [-0.39, 0.29) is 10.8 Å². The highest BCUT2D eigenvalue weighted by Crippen LogP contribution is 2.40. The summed E-state index contributed by atoms with van der Waals surface area (Å²) in [4.78, 5) is 0. The average Bonchev–Trinajstić information content (AvgIpc) is 2.86. The van der Waals surface area contributed by atoms with E-state index < -0.39 is 0 Å². The van der Waals surface area contributed by atoms with Gasteiger partial charge in [0.15, 0.2) is 0 Å². The SMILES string of the molecule is CCCn1ccc(Cc2cc(C(C)(C)C)c(O)c(C(C)(C)C)c2)c1. The lowest BCUT2D eigenvalue weighted by Crippen LogP contribution is -2.18. The fourth-order valence-corrected chi connectivity index (χ4v) is 3.17. The van der Waals surface area contributed by atoms with Crippen LogP contribution in [0.25, 0.3) is 0 Å². The van der Waals surface area contributed by atoms with E-state index >= 15 is 0 Å². The summed E-state index contributed by atoms with van der Waals surface area (Å²) >= 11 is 0. The van der Waals surface area contributed by atoms with E-state index in [2.05, 4.69) is 83.6 Å². The largest absolute Gasteiger partial charge is 0.507 e. The van der Waals surface area contributed by atoms with E-state index in [4.69, 9.17) is 0 Å². The monoisotopic (exact) mass is 327 g/mol. The molecule has 0 spiro atoms. The van der Waals surface area contributed by atoms with Crippen molar-refractivity contribution in [3.05, 3.63) is 52.8 Å². The summed E-state index contributed by atoms with van der Waals surface area (Å²) in [5.41, 5.74) is 4.53. The molecule has 132 valence electrons. The first-order chi connectivity index (χ1) is 11.0. The van der Waals surface area contributed by atoms with Crippen molar-refractivity contribution < 1.29 is 5.11 Å². The zero-order valence-corrected chi connectivity index (χ0v) is 16.4. The van der Waals surface area contributed by atoms with Crippen LogP contribution in [0.15, 0.2) is 30.6 Å². The molecule has 1 N–H and O–H groups in total. The summed E-state index contributed by atoms with van der Waals surface area (Å²) in [6, 6.07) is 6.57. The molecule has 2 nitrogen and oxygen atoms in total. The maximum absolute atomic E-state index is 10.8. The van der Waals surface area contributed by atoms with Crippen LogP contribution in [0.4, 0.5) is 0 Å². The molecule has 1 aromatic carbocycles. The van der Waals surface area contributed by atoms with Crippen molar-refractivity contribution in [1.29, 1.82) is 0 Å². The molecule has 0 saturated carbocycles. The summed E-state index contributed by atoms with van der Waals surface area (Å²) in [6.07, 6.45) is 6.46. The van der Waals surface area contributed by atoms with Gasteiger partial charge in [0.05, 0.1) is 0 Å². The van der Waals surface area contributed by atoms with Gasteiger partial charge >= 0.3 is 0 Å². The molecule has 0 radical (unpaired) electrons. The Labute approximate surface area is 147 Å². The van der Waals surface area contributed by atoms with Gasteiger partial charge in [-0.25, -0.2) is 0 Å². The molecule has 0 atom stereocenters. The summed E-state index contributed by atoms with van der Waals surface area (Å²) in [7, 11) is 0. The van der Waals surface area contributed by atoms with Crippen LogP contribution in [0.1, 0.15) is 77.1 Å². The highest BCUT2D eigenvalue weighted by Gasteiger charge is 2.26. The van der Waals surface area contributed by atoms with E-state index in [1.54, 1.807) is 0 Å². The lowest BCUT2D eigenvalue weighted by atomic mass is 9.78. The number of phenols is 1. The lowest BCUT2D eigenvalue weighted by Gasteiger charge is -2.28. The Bertz CT molecular complexity index is 660. The molecule has 0 aliphatic heterocycles. The number of rotatable bonds is 4. The maximum atomic E-state index is 10.8. The van der Waals surface area contributed by atoms with E-state index in [0.717, 1.165) is 30.5 Å². The summed E-state index contributed by atoms with van der Waals surface area (Å²) in [5.74, 6) is 0.460. The zero-order valence-electron chi connectivity index (χ0n) is 16.4. The first-order valence-electron chi connectivity index (χ1n) is 9.04. The summed E-state index contributed by atoms with van der Waals surface area (Å²) in [5, 5.41) is 10.8. The number of hydrogen-bond donors (Lipinski definition) is 1. The molecule has 0 aliphatic carbocycles. The van der Waals surface area contributed by atoms with Gasteiger partial charge in [-0.1, -0.05) is 60.6 Å². The highest BCUT2D eigenvalue weighted by molar-refractivity contribution is 5.50. The molecule has 2 rings (SSSR count). The molecule has 0 bridgehead atoms. The molecule has 0 aliphatic rings. The molecule has 1 aromatic heterocycles. The van der Waals surface area contributed by atoms with Crippen molar-refractivity contribution >= 4 is 0 Å². The first-order valence-corrected chi connectivity index (χ1v) is 9.04. The Balaban J connectivity index is 2.45. The van der Waals surface area contributed by atoms with Crippen molar-refractivity contribution in [2.24, 2.45) is 0 Å². The van der Waals surface area contributed by atoms with Gasteiger partial charge in [-0.2, -0.15) is 0 Å². The van der Waals surface area contributed by atoms with Crippen LogP contribution in [0.5, 0.6) is 5.75 Å². The van der Waals surface area contributed by atoms with Gasteiger partial charge in [-0.3, -0.25) is 0 Å². The third-order valence-corrected chi connectivity index (χ3v) is 4.49. The van der Waals surface area contributed by atoms with Gasteiger partial charge in [0.2, 0.25) is 0 Å². The van der Waals surface area contributed by atoms with Crippen molar-refractivity contribution in [1.82, 2.24) is 4.57 Å².